The number of fused-ring (bicyclic) bond motifs is 1. The number of aryl methyl sites for hydroxylation is 1. The van der Waals surface area contributed by atoms with Crippen molar-refractivity contribution in [3.05, 3.63) is 65.4 Å². The third-order valence-electron chi connectivity index (χ3n) is 6.82. The number of amides is 1. The van der Waals surface area contributed by atoms with Crippen molar-refractivity contribution in [2.45, 2.75) is 30.6 Å². The van der Waals surface area contributed by atoms with Gasteiger partial charge in [0, 0.05) is 48.3 Å². The van der Waals surface area contributed by atoms with E-state index in [1.165, 1.54) is 27.0 Å². The summed E-state index contributed by atoms with van der Waals surface area (Å²) in [7, 11) is -3.63. The van der Waals surface area contributed by atoms with Gasteiger partial charge in [-0.15, -0.1) is 0 Å². The van der Waals surface area contributed by atoms with Crippen LogP contribution < -0.4 is 0 Å². The predicted molar refractivity (Wildman–Crippen MR) is 127 cm³/mol. The highest BCUT2D eigenvalue weighted by atomic mass is 32.2. The first-order valence-electron chi connectivity index (χ1n) is 11.5. The molecule has 0 unspecified atom stereocenters. The third-order valence-corrected chi connectivity index (χ3v) is 8.72. The number of aromatic nitrogens is 1. The summed E-state index contributed by atoms with van der Waals surface area (Å²) in [4.78, 5) is 18.7. The van der Waals surface area contributed by atoms with Crippen LogP contribution in [0, 0.1) is 6.92 Å². The Bertz CT molecular complexity index is 1270. The van der Waals surface area contributed by atoms with Crippen LogP contribution in [0.2, 0.25) is 0 Å². The Hall–Kier alpha value is -2.68. The summed E-state index contributed by atoms with van der Waals surface area (Å²) in [5.74, 6) is 0.293. The quantitative estimate of drug-likeness (QED) is 0.637. The Labute approximate surface area is 194 Å². The third kappa shape index (κ3) is 4.18. The maximum Gasteiger partial charge on any atom is 0.253 e. The number of H-pyrrole nitrogens is 1. The van der Waals surface area contributed by atoms with E-state index in [4.69, 9.17) is 4.74 Å². The summed E-state index contributed by atoms with van der Waals surface area (Å²) in [6.07, 6.45) is 1.78. The number of para-hydroxylation sites is 1. The van der Waals surface area contributed by atoms with Crippen LogP contribution >= 0.6 is 0 Å². The number of nitrogens with zero attached hydrogens (tertiary/aromatic N) is 2. The van der Waals surface area contributed by atoms with Crippen molar-refractivity contribution < 1.29 is 17.9 Å². The number of sulfonamides is 1. The molecule has 1 amide bonds. The number of piperidine rings is 1. The first-order chi connectivity index (χ1) is 15.9. The van der Waals surface area contributed by atoms with Crippen LogP contribution in [-0.2, 0) is 14.8 Å². The minimum atomic E-state index is -3.63. The monoisotopic (exact) mass is 467 g/mol. The number of ether oxygens (including phenoxy) is 1. The van der Waals surface area contributed by atoms with Gasteiger partial charge in [0.2, 0.25) is 10.0 Å². The molecule has 2 aromatic carbocycles. The lowest BCUT2D eigenvalue weighted by Gasteiger charge is -2.32. The second-order valence-corrected chi connectivity index (χ2v) is 10.8. The number of hydrogen-bond acceptors (Lipinski definition) is 4. The van der Waals surface area contributed by atoms with E-state index in [2.05, 4.69) is 30.1 Å². The second-order valence-electron chi connectivity index (χ2n) is 8.82. The largest absolute Gasteiger partial charge is 0.379 e. The molecule has 0 radical (unpaired) electrons. The summed E-state index contributed by atoms with van der Waals surface area (Å²) in [5.41, 5.74) is 4.13. The van der Waals surface area contributed by atoms with Crippen LogP contribution in [0.5, 0.6) is 0 Å². The normalized spacial score (nSPS) is 18.6. The SMILES string of the molecule is Cc1[nH]c2ccccc2c1C1CCN(C(=O)c2cccc(S(=O)(=O)N3CCOCC3)c2)CC1. The van der Waals surface area contributed by atoms with Crippen LogP contribution in [0.4, 0.5) is 0 Å². The number of hydrogen-bond donors (Lipinski definition) is 1. The zero-order chi connectivity index (χ0) is 23.0. The molecule has 2 saturated heterocycles. The summed E-state index contributed by atoms with van der Waals surface area (Å²) in [5, 5.41) is 1.26. The number of carbonyl (C=O) groups is 1. The number of likely N-dealkylation sites (tertiary alicyclic amines) is 1. The van der Waals surface area contributed by atoms with E-state index in [9.17, 15) is 13.2 Å². The van der Waals surface area contributed by atoms with Gasteiger partial charge in [-0.25, -0.2) is 8.42 Å². The van der Waals surface area contributed by atoms with E-state index in [1.54, 1.807) is 18.2 Å². The fraction of sp³-hybridized carbons (Fsp3) is 0.400. The number of rotatable bonds is 4. The van der Waals surface area contributed by atoms with E-state index < -0.39 is 10.0 Å². The molecule has 1 aromatic heterocycles. The lowest BCUT2D eigenvalue weighted by molar-refractivity contribution is 0.0712. The molecule has 2 aliphatic rings. The van der Waals surface area contributed by atoms with Gasteiger partial charge >= 0.3 is 0 Å². The lowest BCUT2D eigenvalue weighted by atomic mass is 9.87. The topological polar surface area (TPSA) is 82.7 Å². The van der Waals surface area contributed by atoms with E-state index in [-0.39, 0.29) is 10.8 Å². The smallest absolute Gasteiger partial charge is 0.253 e. The highest BCUT2D eigenvalue weighted by Crippen LogP contribution is 2.36. The molecule has 0 spiro atoms. The van der Waals surface area contributed by atoms with E-state index >= 15 is 0 Å². The minimum Gasteiger partial charge on any atom is -0.379 e. The average molecular weight is 468 g/mol. The van der Waals surface area contributed by atoms with Crippen molar-refractivity contribution >= 4 is 26.8 Å². The van der Waals surface area contributed by atoms with Gasteiger partial charge in [-0.1, -0.05) is 24.3 Å². The zero-order valence-corrected chi connectivity index (χ0v) is 19.6. The number of carbonyl (C=O) groups excluding carboxylic acids is 1. The maximum atomic E-state index is 13.2. The lowest BCUT2D eigenvalue weighted by Crippen LogP contribution is -2.41. The molecule has 2 aliphatic heterocycles. The van der Waals surface area contributed by atoms with Gasteiger partial charge < -0.3 is 14.6 Å². The predicted octanol–water partition coefficient (Wildman–Crippen LogP) is 3.52. The molecule has 2 fully saturated rings. The molecule has 7 nitrogen and oxygen atoms in total. The first kappa shape index (κ1) is 22.1. The Balaban J connectivity index is 1.30. The molecule has 0 aliphatic carbocycles. The summed E-state index contributed by atoms with van der Waals surface area (Å²) in [6, 6.07) is 14.8. The van der Waals surface area contributed by atoms with Crippen LogP contribution in [0.1, 0.15) is 40.4 Å². The molecule has 0 saturated carbocycles. The number of morpholine rings is 1. The molecule has 5 rings (SSSR count). The summed E-state index contributed by atoms with van der Waals surface area (Å²) in [6.45, 7) is 4.88. The Morgan fingerprint density at radius 1 is 1.00 bits per heavy atom. The highest BCUT2D eigenvalue weighted by Gasteiger charge is 2.30. The number of nitrogens with one attached hydrogen (secondary N) is 1. The Morgan fingerprint density at radius 2 is 1.73 bits per heavy atom. The van der Waals surface area contributed by atoms with Gasteiger partial charge in [-0.2, -0.15) is 4.31 Å². The molecule has 3 aromatic rings. The minimum absolute atomic E-state index is 0.108. The first-order valence-corrected chi connectivity index (χ1v) is 12.9. The van der Waals surface area contributed by atoms with E-state index in [0.717, 1.165) is 18.4 Å². The zero-order valence-electron chi connectivity index (χ0n) is 18.8. The van der Waals surface area contributed by atoms with Gasteiger partial charge in [0.1, 0.15) is 0 Å². The van der Waals surface area contributed by atoms with Crippen molar-refractivity contribution in [1.82, 2.24) is 14.2 Å². The van der Waals surface area contributed by atoms with Gasteiger partial charge in [0.25, 0.3) is 5.91 Å². The second kappa shape index (κ2) is 8.93. The van der Waals surface area contributed by atoms with Crippen molar-refractivity contribution in [2.24, 2.45) is 0 Å². The average Bonchev–Trinajstić information content (AvgIpc) is 3.20. The van der Waals surface area contributed by atoms with Crippen molar-refractivity contribution in [2.75, 3.05) is 39.4 Å². The number of aromatic amines is 1. The highest BCUT2D eigenvalue weighted by molar-refractivity contribution is 7.89. The van der Waals surface area contributed by atoms with Crippen molar-refractivity contribution in [3.63, 3.8) is 0 Å². The molecule has 33 heavy (non-hydrogen) atoms. The fourth-order valence-electron chi connectivity index (χ4n) is 5.10. The Kier molecular flexibility index (Phi) is 5.99. The maximum absolute atomic E-state index is 13.2. The van der Waals surface area contributed by atoms with Crippen LogP contribution in [0.25, 0.3) is 10.9 Å². The van der Waals surface area contributed by atoms with Crippen LogP contribution in [0.3, 0.4) is 0 Å². The van der Waals surface area contributed by atoms with Gasteiger partial charge in [-0.05, 0) is 55.5 Å². The molecule has 8 heteroatoms. The molecule has 0 bridgehead atoms. The standard InChI is InChI=1S/C25H29N3O4S/c1-18-24(22-7-2-3-8-23(22)26-18)19-9-11-27(12-10-19)25(29)20-5-4-6-21(17-20)33(30,31)28-13-15-32-16-14-28/h2-8,17,19,26H,9-16H2,1H3. The molecule has 3 heterocycles. The van der Waals surface area contributed by atoms with E-state index in [0.29, 0.717) is 50.9 Å². The molecular weight excluding hydrogens is 438 g/mol. The molecule has 174 valence electrons. The fourth-order valence-corrected chi connectivity index (χ4v) is 6.56. The summed E-state index contributed by atoms with van der Waals surface area (Å²) >= 11 is 0. The molecule has 0 atom stereocenters. The molecule has 1 N–H and O–H groups in total. The van der Waals surface area contributed by atoms with Gasteiger partial charge in [-0.3, -0.25) is 4.79 Å². The van der Waals surface area contributed by atoms with Gasteiger partial charge in [0.05, 0.1) is 18.1 Å². The summed E-state index contributed by atoms with van der Waals surface area (Å²) < 4.78 is 32.7. The van der Waals surface area contributed by atoms with Crippen LogP contribution in [0.15, 0.2) is 53.4 Å². The van der Waals surface area contributed by atoms with Crippen molar-refractivity contribution in [3.8, 4) is 0 Å². The van der Waals surface area contributed by atoms with Crippen molar-refractivity contribution in [1.29, 1.82) is 0 Å². The number of benzene rings is 2. The van der Waals surface area contributed by atoms with Crippen LogP contribution in [-0.4, -0.2) is 67.9 Å². The van der Waals surface area contributed by atoms with Gasteiger partial charge in [0.15, 0.2) is 0 Å². The molecular formula is C25H29N3O4S. The van der Waals surface area contributed by atoms with E-state index in [1.807, 2.05) is 11.0 Å². The Morgan fingerprint density at radius 3 is 2.48 bits per heavy atom.